The van der Waals surface area contributed by atoms with Gasteiger partial charge in [0.05, 0.1) is 5.56 Å². The summed E-state index contributed by atoms with van der Waals surface area (Å²) in [6, 6.07) is 5.55. The van der Waals surface area contributed by atoms with Gasteiger partial charge in [-0.3, -0.25) is 4.79 Å². The molecule has 18 heavy (non-hydrogen) atoms. The van der Waals surface area contributed by atoms with E-state index in [-0.39, 0.29) is 18.7 Å². The Morgan fingerprint density at radius 3 is 3.17 bits per heavy atom. The predicted octanol–water partition coefficient (Wildman–Crippen LogP) is 0.979. The Hall–Kier alpha value is -1.75. The number of nitrogens with two attached hydrogens (primary N) is 1. The summed E-state index contributed by atoms with van der Waals surface area (Å²) in [5.41, 5.74) is 6.28. The molecule has 0 aromatic heterocycles. The van der Waals surface area contributed by atoms with Gasteiger partial charge in [-0.2, -0.15) is 0 Å². The van der Waals surface area contributed by atoms with Crippen molar-refractivity contribution in [3.63, 3.8) is 0 Å². The van der Waals surface area contributed by atoms with Crippen molar-refractivity contribution in [2.75, 3.05) is 19.9 Å². The molecule has 0 bridgehead atoms. The van der Waals surface area contributed by atoms with Crippen LogP contribution >= 0.6 is 0 Å². The fourth-order valence-electron chi connectivity index (χ4n) is 2.60. The van der Waals surface area contributed by atoms with Crippen LogP contribution in [0.1, 0.15) is 23.2 Å². The summed E-state index contributed by atoms with van der Waals surface area (Å²) in [6.45, 7) is 1.46. The molecule has 0 aliphatic carbocycles. The maximum absolute atomic E-state index is 12.5. The van der Waals surface area contributed by atoms with Gasteiger partial charge >= 0.3 is 0 Å². The fourth-order valence-corrected chi connectivity index (χ4v) is 2.60. The Bertz CT molecular complexity index is 475. The van der Waals surface area contributed by atoms with Crippen molar-refractivity contribution in [2.24, 2.45) is 5.73 Å². The predicted molar refractivity (Wildman–Crippen MR) is 65.7 cm³/mol. The van der Waals surface area contributed by atoms with E-state index >= 15 is 0 Å². The van der Waals surface area contributed by atoms with E-state index < -0.39 is 0 Å². The molecule has 3 rings (SSSR count). The molecule has 5 heteroatoms. The van der Waals surface area contributed by atoms with Crippen LogP contribution in [-0.4, -0.2) is 36.7 Å². The third-order valence-electron chi connectivity index (χ3n) is 3.54. The van der Waals surface area contributed by atoms with Gasteiger partial charge in [0, 0.05) is 19.1 Å². The van der Waals surface area contributed by atoms with Crippen molar-refractivity contribution >= 4 is 5.91 Å². The minimum absolute atomic E-state index is 0.00898. The van der Waals surface area contributed by atoms with Gasteiger partial charge in [0.25, 0.3) is 5.91 Å². The topological polar surface area (TPSA) is 64.8 Å². The lowest BCUT2D eigenvalue weighted by Gasteiger charge is -2.23. The number of amides is 1. The number of hydrogen-bond donors (Lipinski definition) is 1. The number of carbonyl (C=O) groups is 1. The van der Waals surface area contributed by atoms with E-state index in [4.69, 9.17) is 15.2 Å². The first kappa shape index (κ1) is 11.3. The zero-order valence-electron chi connectivity index (χ0n) is 10.1. The maximum atomic E-state index is 12.5. The van der Waals surface area contributed by atoms with Gasteiger partial charge in [-0.1, -0.05) is 6.07 Å². The van der Waals surface area contributed by atoms with Crippen LogP contribution in [0.2, 0.25) is 0 Å². The maximum Gasteiger partial charge on any atom is 0.258 e. The molecule has 2 N–H and O–H groups in total. The molecule has 1 fully saturated rings. The van der Waals surface area contributed by atoms with Crippen LogP contribution < -0.4 is 15.2 Å². The Morgan fingerprint density at radius 1 is 1.44 bits per heavy atom. The van der Waals surface area contributed by atoms with Crippen molar-refractivity contribution in [3.8, 4) is 11.5 Å². The molecule has 1 aromatic carbocycles. The Morgan fingerprint density at radius 2 is 2.33 bits per heavy atom. The highest BCUT2D eigenvalue weighted by Crippen LogP contribution is 2.36. The van der Waals surface area contributed by atoms with E-state index in [1.165, 1.54) is 0 Å². The Labute approximate surface area is 105 Å². The second-order valence-corrected chi connectivity index (χ2v) is 4.57. The number of nitrogens with zero attached hydrogens (tertiary/aromatic N) is 1. The van der Waals surface area contributed by atoms with Gasteiger partial charge in [-0.25, -0.2) is 0 Å². The average Bonchev–Trinajstić information content (AvgIpc) is 3.05. The van der Waals surface area contributed by atoms with E-state index in [0.29, 0.717) is 23.6 Å². The molecule has 0 saturated carbocycles. The van der Waals surface area contributed by atoms with Gasteiger partial charge in [-0.05, 0) is 25.0 Å². The third-order valence-corrected chi connectivity index (χ3v) is 3.54. The molecule has 2 aliphatic heterocycles. The molecule has 1 unspecified atom stereocenters. The van der Waals surface area contributed by atoms with Crippen LogP contribution in [0.15, 0.2) is 18.2 Å². The largest absolute Gasteiger partial charge is 0.454 e. The minimum atomic E-state index is -0.00898. The lowest BCUT2D eigenvalue weighted by atomic mass is 10.1. The summed E-state index contributed by atoms with van der Waals surface area (Å²) in [6.07, 6.45) is 1.99. The van der Waals surface area contributed by atoms with Gasteiger partial charge in [0.1, 0.15) is 0 Å². The molecule has 96 valence electrons. The second-order valence-electron chi connectivity index (χ2n) is 4.57. The highest BCUT2D eigenvalue weighted by atomic mass is 16.7. The van der Waals surface area contributed by atoms with Crippen LogP contribution in [-0.2, 0) is 0 Å². The average molecular weight is 248 g/mol. The van der Waals surface area contributed by atoms with E-state index in [2.05, 4.69) is 0 Å². The number of benzene rings is 1. The summed E-state index contributed by atoms with van der Waals surface area (Å²) in [5.74, 6) is 1.19. The molecule has 0 radical (unpaired) electrons. The molecule has 1 amide bonds. The lowest BCUT2D eigenvalue weighted by molar-refractivity contribution is 0.0736. The van der Waals surface area contributed by atoms with Gasteiger partial charge in [-0.15, -0.1) is 0 Å². The normalized spacial score (nSPS) is 21.4. The van der Waals surface area contributed by atoms with Crippen LogP contribution in [0.3, 0.4) is 0 Å². The van der Waals surface area contributed by atoms with E-state index in [1.54, 1.807) is 6.07 Å². The number of fused-ring (bicyclic) bond motifs is 1. The SMILES string of the molecule is NCC1CCCN1C(=O)c1cccc2c1OCO2. The molecule has 1 atom stereocenters. The molecular weight excluding hydrogens is 232 g/mol. The molecule has 1 aromatic rings. The zero-order valence-corrected chi connectivity index (χ0v) is 10.1. The quantitative estimate of drug-likeness (QED) is 0.847. The van der Waals surface area contributed by atoms with Crippen molar-refractivity contribution < 1.29 is 14.3 Å². The third kappa shape index (κ3) is 1.71. The van der Waals surface area contributed by atoms with E-state index in [9.17, 15) is 4.79 Å². The van der Waals surface area contributed by atoms with E-state index in [0.717, 1.165) is 19.4 Å². The van der Waals surface area contributed by atoms with Crippen molar-refractivity contribution in [1.82, 2.24) is 4.90 Å². The van der Waals surface area contributed by atoms with Crippen LogP contribution in [0.4, 0.5) is 0 Å². The monoisotopic (exact) mass is 248 g/mol. The molecule has 0 spiro atoms. The van der Waals surface area contributed by atoms with Gasteiger partial charge < -0.3 is 20.1 Å². The first-order valence-electron chi connectivity index (χ1n) is 6.21. The lowest BCUT2D eigenvalue weighted by Crippen LogP contribution is -2.40. The smallest absolute Gasteiger partial charge is 0.258 e. The standard InChI is InChI=1S/C13H16N2O3/c14-7-9-3-2-6-15(9)13(16)10-4-1-5-11-12(10)18-8-17-11/h1,4-5,9H,2-3,6-8,14H2. The number of hydrogen-bond acceptors (Lipinski definition) is 4. The second kappa shape index (κ2) is 4.49. The van der Waals surface area contributed by atoms with Crippen molar-refractivity contribution in [1.29, 1.82) is 0 Å². The van der Waals surface area contributed by atoms with Gasteiger partial charge in [0.15, 0.2) is 11.5 Å². The van der Waals surface area contributed by atoms with Crippen molar-refractivity contribution in [3.05, 3.63) is 23.8 Å². The van der Waals surface area contributed by atoms with E-state index in [1.807, 2.05) is 17.0 Å². The number of likely N-dealkylation sites (tertiary alicyclic amines) is 1. The summed E-state index contributed by atoms with van der Waals surface area (Å²) in [4.78, 5) is 14.4. The highest BCUT2D eigenvalue weighted by Gasteiger charge is 2.31. The first-order chi connectivity index (χ1) is 8.81. The van der Waals surface area contributed by atoms with Crippen LogP contribution in [0.5, 0.6) is 11.5 Å². The first-order valence-corrected chi connectivity index (χ1v) is 6.21. The number of rotatable bonds is 2. The summed E-state index contributed by atoms with van der Waals surface area (Å²) in [7, 11) is 0. The zero-order chi connectivity index (χ0) is 12.5. The fraction of sp³-hybridized carbons (Fsp3) is 0.462. The van der Waals surface area contributed by atoms with Crippen LogP contribution in [0.25, 0.3) is 0 Å². The number of para-hydroxylation sites is 1. The summed E-state index contributed by atoms with van der Waals surface area (Å²) < 4.78 is 10.7. The summed E-state index contributed by atoms with van der Waals surface area (Å²) in [5, 5.41) is 0. The molecular formula is C13H16N2O3. The number of carbonyl (C=O) groups excluding carboxylic acids is 1. The minimum Gasteiger partial charge on any atom is -0.454 e. The Kier molecular flexibility index (Phi) is 2.83. The molecule has 2 heterocycles. The molecule has 5 nitrogen and oxygen atoms in total. The van der Waals surface area contributed by atoms with Crippen molar-refractivity contribution in [2.45, 2.75) is 18.9 Å². The number of ether oxygens (including phenoxy) is 2. The summed E-state index contributed by atoms with van der Waals surface area (Å²) >= 11 is 0. The highest BCUT2D eigenvalue weighted by molar-refractivity contribution is 5.98. The Balaban J connectivity index is 1.91. The molecule has 2 aliphatic rings. The van der Waals surface area contributed by atoms with Crippen LogP contribution in [0, 0.1) is 0 Å². The van der Waals surface area contributed by atoms with Gasteiger partial charge in [0.2, 0.25) is 6.79 Å². The molecule has 1 saturated heterocycles.